The van der Waals surface area contributed by atoms with Gasteiger partial charge in [0, 0.05) is 30.1 Å². The van der Waals surface area contributed by atoms with E-state index in [9.17, 15) is 23.1 Å². The average Bonchev–Trinajstić information content (AvgIpc) is 3.17. The summed E-state index contributed by atoms with van der Waals surface area (Å²) in [5.41, 5.74) is 1.95. The molecule has 2 aliphatic rings. The number of carbonyl (C=O) groups is 1. The maximum Gasteiger partial charge on any atom is 0.343 e. The predicted molar refractivity (Wildman–Crippen MR) is 126 cm³/mol. The van der Waals surface area contributed by atoms with Gasteiger partial charge in [0.1, 0.15) is 6.61 Å². The number of aromatic nitrogens is 2. The van der Waals surface area contributed by atoms with Crippen LogP contribution in [-0.4, -0.2) is 53.2 Å². The largest absolute Gasteiger partial charge is 0.458 e. The van der Waals surface area contributed by atoms with E-state index in [4.69, 9.17) is 9.72 Å². The molecule has 5 rings (SSSR count). The van der Waals surface area contributed by atoms with Gasteiger partial charge >= 0.3 is 5.97 Å². The third-order valence-electron chi connectivity index (χ3n) is 6.96. The van der Waals surface area contributed by atoms with Crippen molar-refractivity contribution in [3.05, 3.63) is 62.9 Å². The van der Waals surface area contributed by atoms with Gasteiger partial charge in [-0.25, -0.2) is 22.5 Å². The quantitative estimate of drug-likeness (QED) is 0.428. The molecule has 9 nitrogen and oxygen atoms in total. The molecule has 0 amide bonds. The number of carbonyl (C=O) groups excluding carboxylic acids is 1. The van der Waals surface area contributed by atoms with E-state index in [1.165, 1.54) is 17.6 Å². The molecule has 0 saturated heterocycles. The number of benzene rings is 1. The summed E-state index contributed by atoms with van der Waals surface area (Å²) in [6, 6.07) is 9.27. The molecule has 0 aliphatic carbocycles. The van der Waals surface area contributed by atoms with E-state index >= 15 is 0 Å². The molecule has 1 aromatic carbocycles. The van der Waals surface area contributed by atoms with Crippen LogP contribution in [0.2, 0.25) is 0 Å². The van der Waals surface area contributed by atoms with Gasteiger partial charge in [0.2, 0.25) is 10.0 Å². The Bertz CT molecular complexity index is 1530. The predicted octanol–water partition coefficient (Wildman–Crippen LogP) is 1.51. The molecule has 34 heavy (non-hydrogen) atoms. The van der Waals surface area contributed by atoms with Crippen molar-refractivity contribution in [3.63, 3.8) is 0 Å². The maximum atomic E-state index is 13.4. The first-order valence-corrected chi connectivity index (χ1v) is 12.9. The minimum Gasteiger partial charge on any atom is -0.458 e. The number of fused-ring (bicyclic) bond motifs is 5. The first kappa shape index (κ1) is 22.7. The number of hydrogen-bond donors (Lipinski definition) is 1. The van der Waals surface area contributed by atoms with E-state index in [0.717, 1.165) is 22.0 Å². The Kier molecular flexibility index (Phi) is 5.16. The normalized spacial score (nSPS) is 19.1. The fourth-order valence-corrected chi connectivity index (χ4v) is 5.26. The van der Waals surface area contributed by atoms with Gasteiger partial charge in [-0.15, -0.1) is 0 Å². The highest BCUT2D eigenvalue weighted by Gasteiger charge is 2.45. The van der Waals surface area contributed by atoms with Crippen LogP contribution in [0.15, 0.2) is 35.1 Å². The Morgan fingerprint density at radius 2 is 1.97 bits per heavy atom. The SMILES string of the molecule is CC[C@@]1(O)C(=O)OCc2c1cc1n(c2=O)Cc2c-1nc1ccccc1c2CCN(C)S(C)(=O)=O. The van der Waals surface area contributed by atoms with Crippen LogP contribution in [0.4, 0.5) is 0 Å². The van der Waals surface area contributed by atoms with Gasteiger partial charge < -0.3 is 14.4 Å². The second-order valence-electron chi connectivity index (χ2n) is 8.87. The highest BCUT2D eigenvalue weighted by molar-refractivity contribution is 7.88. The number of hydrogen-bond acceptors (Lipinski definition) is 7. The molecule has 178 valence electrons. The van der Waals surface area contributed by atoms with Crippen molar-refractivity contribution in [1.29, 1.82) is 0 Å². The van der Waals surface area contributed by atoms with E-state index in [2.05, 4.69) is 0 Å². The molecule has 0 unspecified atom stereocenters. The first-order chi connectivity index (χ1) is 16.1. The average molecular weight is 484 g/mol. The van der Waals surface area contributed by atoms with Crippen LogP contribution >= 0.6 is 0 Å². The van der Waals surface area contributed by atoms with Crippen LogP contribution < -0.4 is 5.56 Å². The fourth-order valence-electron chi connectivity index (χ4n) is 4.83. The molecule has 10 heteroatoms. The van der Waals surface area contributed by atoms with Gasteiger partial charge in [-0.1, -0.05) is 25.1 Å². The zero-order valence-electron chi connectivity index (χ0n) is 19.2. The van der Waals surface area contributed by atoms with Crippen molar-refractivity contribution in [1.82, 2.24) is 13.9 Å². The van der Waals surface area contributed by atoms with Gasteiger partial charge in [-0.3, -0.25) is 4.79 Å². The standard InChI is InChI=1S/C24H25N3O6S/c1-4-24(30)18-11-20-21-16(12-27(20)22(28)17(18)13-33-23(24)29)14(9-10-26(2)34(3,31)32)15-7-5-6-8-19(15)25-21/h5-8,11,30H,4,9-10,12-13H2,1-3H3/t24-/m0/s1. The van der Waals surface area contributed by atoms with Crippen molar-refractivity contribution in [2.24, 2.45) is 0 Å². The van der Waals surface area contributed by atoms with Crippen molar-refractivity contribution >= 4 is 26.9 Å². The number of para-hydroxylation sites is 1. The number of likely N-dealkylation sites (N-methyl/N-ethyl adjacent to an activating group) is 1. The van der Waals surface area contributed by atoms with Crippen LogP contribution in [0.25, 0.3) is 22.3 Å². The number of aliphatic hydroxyl groups is 1. The molecule has 0 bridgehead atoms. The van der Waals surface area contributed by atoms with Gasteiger partial charge in [0.15, 0.2) is 5.60 Å². The van der Waals surface area contributed by atoms with Crippen molar-refractivity contribution in [3.8, 4) is 11.4 Å². The molecular formula is C24H25N3O6S. The second-order valence-corrected chi connectivity index (χ2v) is 11.0. The number of nitrogens with zero attached hydrogens (tertiary/aromatic N) is 3. The summed E-state index contributed by atoms with van der Waals surface area (Å²) in [6.45, 7) is 2.02. The van der Waals surface area contributed by atoms with Crippen LogP contribution in [0.5, 0.6) is 0 Å². The van der Waals surface area contributed by atoms with E-state index in [0.29, 0.717) is 17.8 Å². The van der Waals surface area contributed by atoms with Crippen molar-refractivity contribution in [2.75, 3.05) is 19.8 Å². The van der Waals surface area contributed by atoms with Crippen LogP contribution in [0, 0.1) is 0 Å². The fraction of sp³-hybridized carbons (Fsp3) is 0.375. The lowest BCUT2D eigenvalue weighted by atomic mass is 9.86. The highest BCUT2D eigenvalue weighted by Crippen LogP contribution is 2.40. The molecule has 0 radical (unpaired) electrons. The molecule has 0 spiro atoms. The minimum atomic E-state index is -3.34. The number of cyclic esters (lactones) is 1. The minimum absolute atomic E-state index is 0.0722. The van der Waals surface area contributed by atoms with Crippen molar-refractivity contribution in [2.45, 2.75) is 38.5 Å². The zero-order chi connectivity index (χ0) is 24.4. The monoisotopic (exact) mass is 483 g/mol. The number of ether oxygens (including phenoxy) is 1. The van der Waals surface area contributed by atoms with E-state index < -0.39 is 21.6 Å². The number of sulfonamides is 1. The Labute approximate surface area is 196 Å². The summed E-state index contributed by atoms with van der Waals surface area (Å²) in [7, 11) is -1.81. The van der Waals surface area contributed by atoms with Crippen LogP contribution in [0.3, 0.4) is 0 Å². The second kappa shape index (κ2) is 7.72. The first-order valence-electron chi connectivity index (χ1n) is 11.0. The van der Waals surface area contributed by atoms with Gasteiger partial charge in [-0.05, 0) is 30.5 Å². The van der Waals surface area contributed by atoms with Crippen LogP contribution in [0.1, 0.15) is 35.6 Å². The lowest BCUT2D eigenvalue weighted by Crippen LogP contribution is -2.44. The van der Waals surface area contributed by atoms with E-state index in [1.54, 1.807) is 17.6 Å². The highest BCUT2D eigenvalue weighted by atomic mass is 32.2. The van der Waals surface area contributed by atoms with Crippen LogP contribution in [-0.2, 0) is 44.7 Å². The van der Waals surface area contributed by atoms with Gasteiger partial charge in [0.25, 0.3) is 5.56 Å². The van der Waals surface area contributed by atoms with E-state index in [-0.39, 0.29) is 42.8 Å². The summed E-state index contributed by atoms with van der Waals surface area (Å²) >= 11 is 0. The lowest BCUT2D eigenvalue weighted by molar-refractivity contribution is -0.172. The van der Waals surface area contributed by atoms with Gasteiger partial charge in [-0.2, -0.15) is 0 Å². The smallest absolute Gasteiger partial charge is 0.343 e. The molecule has 3 aromatic rings. The molecule has 0 saturated carbocycles. The summed E-state index contributed by atoms with van der Waals surface area (Å²) in [4.78, 5) is 30.6. The zero-order valence-corrected chi connectivity index (χ0v) is 20.0. The molecule has 1 N–H and O–H groups in total. The lowest BCUT2D eigenvalue weighted by Gasteiger charge is -2.31. The Hall–Kier alpha value is -3.08. The third kappa shape index (κ3) is 3.28. The Morgan fingerprint density at radius 3 is 2.68 bits per heavy atom. The number of pyridine rings is 2. The molecule has 0 fully saturated rings. The number of rotatable bonds is 5. The maximum absolute atomic E-state index is 13.4. The number of esters is 1. The summed E-state index contributed by atoms with van der Waals surface area (Å²) in [5, 5.41) is 11.9. The molecule has 1 atom stereocenters. The van der Waals surface area contributed by atoms with Crippen molar-refractivity contribution < 1.29 is 23.1 Å². The Morgan fingerprint density at radius 1 is 1.24 bits per heavy atom. The van der Waals surface area contributed by atoms with E-state index in [1.807, 2.05) is 24.3 Å². The topological polar surface area (TPSA) is 119 Å². The molecular weight excluding hydrogens is 458 g/mol. The summed E-state index contributed by atoms with van der Waals surface area (Å²) in [5.74, 6) is -0.763. The molecule has 2 aromatic heterocycles. The van der Waals surface area contributed by atoms with Gasteiger partial charge in [0.05, 0.1) is 35.3 Å². The summed E-state index contributed by atoms with van der Waals surface area (Å²) < 4.78 is 31.9. The summed E-state index contributed by atoms with van der Waals surface area (Å²) in [6.07, 6.45) is 1.68. The third-order valence-corrected chi connectivity index (χ3v) is 8.27. The molecule has 2 aliphatic heterocycles. The Balaban J connectivity index is 1.72. The molecule has 4 heterocycles.